The van der Waals surface area contributed by atoms with Crippen LogP contribution in [0.4, 0.5) is 5.69 Å². The summed E-state index contributed by atoms with van der Waals surface area (Å²) in [5.41, 5.74) is 3.87. The van der Waals surface area contributed by atoms with Gasteiger partial charge in [-0.25, -0.2) is 9.88 Å². The number of imide groups is 1. The maximum atomic E-state index is 13.3. The molecule has 0 saturated carbocycles. The van der Waals surface area contributed by atoms with Crippen LogP contribution in [0.1, 0.15) is 22.6 Å². The lowest BCUT2D eigenvalue weighted by Gasteiger charge is -2.20. The van der Waals surface area contributed by atoms with E-state index in [9.17, 15) is 9.59 Å². The number of amides is 2. The van der Waals surface area contributed by atoms with E-state index in [1.54, 1.807) is 19.1 Å². The topological polar surface area (TPSA) is 91.4 Å². The molecule has 9 heteroatoms. The minimum absolute atomic E-state index is 0.195. The molecule has 1 aromatic heterocycles. The van der Waals surface area contributed by atoms with E-state index in [4.69, 9.17) is 16.0 Å². The van der Waals surface area contributed by atoms with Crippen LogP contribution in [-0.2, 0) is 16.1 Å². The molecule has 32 heavy (non-hydrogen) atoms. The van der Waals surface area contributed by atoms with Gasteiger partial charge in [-0.05, 0) is 62.2 Å². The zero-order chi connectivity index (χ0) is 22.6. The highest BCUT2D eigenvalue weighted by Gasteiger charge is 2.55. The molecule has 3 aromatic rings. The van der Waals surface area contributed by atoms with Crippen molar-refractivity contribution in [2.75, 3.05) is 4.90 Å². The summed E-state index contributed by atoms with van der Waals surface area (Å²) < 4.78 is 5.81. The first kappa shape index (κ1) is 20.4. The van der Waals surface area contributed by atoms with Crippen LogP contribution in [0.15, 0.2) is 57.2 Å². The average Bonchev–Trinajstić information content (AvgIpc) is 3.38. The van der Waals surface area contributed by atoms with Gasteiger partial charge >= 0.3 is 0 Å². The van der Waals surface area contributed by atoms with Crippen LogP contribution < -0.4 is 4.90 Å². The maximum absolute atomic E-state index is 13.3. The lowest BCUT2D eigenvalue weighted by Crippen LogP contribution is -2.39. The molecule has 8 nitrogen and oxygen atoms in total. The summed E-state index contributed by atoms with van der Waals surface area (Å²) in [5.74, 6) is 0.318. The molecule has 5 rings (SSSR count). The van der Waals surface area contributed by atoms with Gasteiger partial charge in [0.1, 0.15) is 11.5 Å². The van der Waals surface area contributed by atoms with Crippen molar-refractivity contribution in [3.05, 3.63) is 70.1 Å². The van der Waals surface area contributed by atoms with Crippen LogP contribution in [0.3, 0.4) is 0 Å². The Bertz CT molecular complexity index is 1260. The van der Waals surface area contributed by atoms with Crippen molar-refractivity contribution in [1.82, 2.24) is 9.99 Å². The molecule has 1 fully saturated rings. The van der Waals surface area contributed by atoms with Crippen LogP contribution in [0.2, 0.25) is 5.02 Å². The first-order valence-electron chi connectivity index (χ1n) is 10.2. The van der Waals surface area contributed by atoms with E-state index in [0.29, 0.717) is 28.1 Å². The van der Waals surface area contributed by atoms with Crippen molar-refractivity contribution in [2.45, 2.75) is 39.4 Å². The van der Waals surface area contributed by atoms with Crippen molar-refractivity contribution >= 4 is 29.1 Å². The first-order valence-corrected chi connectivity index (χ1v) is 10.6. The number of carbonyl (C=O) groups excluding carboxylic acids is 2. The summed E-state index contributed by atoms with van der Waals surface area (Å²) in [4.78, 5) is 32.0. The summed E-state index contributed by atoms with van der Waals surface area (Å²) >= 11 is 6.07. The fraction of sp³-hybridized carbons (Fsp3) is 0.261. The third kappa shape index (κ3) is 3.36. The maximum Gasteiger partial charge on any atom is 0.263 e. The number of aromatic nitrogens is 1. The highest BCUT2D eigenvalue weighted by atomic mass is 35.5. The fourth-order valence-corrected chi connectivity index (χ4v) is 4.35. The quantitative estimate of drug-likeness (QED) is 0.550. The molecule has 2 atom stereocenters. The molecule has 2 amide bonds. The number of carbonyl (C=O) groups is 2. The van der Waals surface area contributed by atoms with Crippen molar-refractivity contribution < 1.29 is 14.0 Å². The van der Waals surface area contributed by atoms with Crippen molar-refractivity contribution in [3.63, 3.8) is 0 Å². The Morgan fingerprint density at radius 2 is 1.78 bits per heavy atom. The summed E-state index contributed by atoms with van der Waals surface area (Å²) in [7, 11) is 0. The van der Waals surface area contributed by atoms with Crippen molar-refractivity contribution in [2.24, 2.45) is 10.3 Å². The molecule has 2 aliphatic rings. The first-order chi connectivity index (χ1) is 15.3. The second kappa shape index (κ2) is 7.56. The Labute approximate surface area is 189 Å². The Morgan fingerprint density at radius 1 is 1.03 bits per heavy atom. The van der Waals surface area contributed by atoms with E-state index in [1.165, 1.54) is 9.91 Å². The molecule has 3 heterocycles. The fourth-order valence-electron chi connectivity index (χ4n) is 4.16. The van der Waals surface area contributed by atoms with Crippen LogP contribution in [0.25, 0.3) is 11.5 Å². The molecule has 0 bridgehead atoms. The second-order valence-corrected chi connectivity index (χ2v) is 8.52. The summed E-state index contributed by atoms with van der Waals surface area (Å²) in [5, 5.41) is 10.3. The molecule has 1 saturated heterocycles. The number of benzene rings is 2. The Kier molecular flexibility index (Phi) is 4.82. The molecule has 2 aliphatic heterocycles. The minimum atomic E-state index is -0.858. The SMILES string of the molecule is Cc1cc(C)cc(N2C(=O)[C@@H]3N=NN(Cc4nc(-c5cccc(Cl)c5)oc4C)[C@H]3C2=O)c1. The van der Waals surface area contributed by atoms with Crippen LogP contribution in [-0.4, -0.2) is 33.9 Å². The smallest absolute Gasteiger partial charge is 0.263 e. The third-order valence-electron chi connectivity index (χ3n) is 5.60. The number of hydrogen-bond donors (Lipinski definition) is 0. The van der Waals surface area contributed by atoms with Crippen LogP contribution >= 0.6 is 11.6 Å². The van der Waals surface area contributed by atoms with E-state index in [0.717, 1.165) is 16.7 Å². The van der Waals surface area contributed by atoms with Gasteiger partial charge in [0.25, 0.3) is 11.8 Å². The van der Waals surface area contributed by atoms with Gasteiger partial charge in [0.2, 0.25) is 5.89 Å². The van der Waals surface area contributed by atoms with Crippen LogP contribution in [0, 0.1) is 20.8 Å². The number of rotatable bonds is 4. The largest absolute Gasteiger partial charge is 0.441 e. The van der Waals surface area contributed by atoms with Crippen molar-refractivity contribution in [1.29, 1.82) is 0 Å². The van der Waals surface area contributed by atoms with Gasteiger partial charge in [-0.3, -0.25) is 14.6 Å². The molecule has 0 radical (unpaired) electrons. The highest BCUT2D eigenvalue weighted by molar-refractivity contribution is 6.30. The number of fused-ring (bicyclic) bond motifs is 1. The van der Waals surface area contributed by atoms with E-state index < -0.39 is 12.1 Å². The lowest BCUT2D eigenvalue weighted by atomic mass is 10.1. The van der Waals surface area contributed by atoms with Gasteiger partial charge in [-0.1, -0.05) is 29.0 Å². The molecule has 0 unspecified atom stereocenters. The Balaban J connectivity index is 1.41. The number of anilines is 1. The zero-order valence-corrected chi connectivity index (χ0v) is 18.5. The minimum Gasteiger partial charge on any atom is -0.441 e. The molecule has 162 valence electrons. The summed E-state index contributed by atoms with van der Waals surface area (Å²) in [6, 6.07) is 11.2. The van der Waals surface area contributed by atoms with Gasteiger partial charge in [-0.15, -0.1) is 0 Å². The van der Waals surface area contributed by atoms with Gasteiger partial charge < -0.3 is 4.42 Å². The van der Waals surface area contributed by atoms with Gasteiger partial charge in [0, 0.05) is 10.6 Å². The number of nitrogens with zero attached hydrogens (tertiary/aromatic N) is 5. The lowest BCUT2D eigenvalue weighted by molar-refractivity contribution is -0.123. The van der Waals surface area contributed by atoms with Gasteiger partial charge in [0.05, 0.1) is 12.2 Å². The monoisotopic (exact) mass is 449 g/mol. The second-order valence-electron chi connectivity index (χ2n) is 8.08. The Hall–Kier alpha value is -3.52. The van der Waals surface area contributed by atoms with Crippen LogP contribution in [0.5, 0.6) is 0 Å². The Morgan fingerprint density at radius 3 is 2.50 bits per heavy atom. The molecule has 2 aromatic carbocycles. The van der Waals surface area contributed by atoms with E-state index in [2.05, 4.69) is 15.3 Å². The molecule has 0 N–H and O–H groups in total. The van der Waals surface area contributed by atoms with Gasteiger partial charge in [0.15, 0.2) is 12.1 Å². The summed E-state index contributed by atoms with van der Waals surface area (Å²) in [6.07, 6.45) is 0. The molecular weight excluding hydrogens is 430 g/mol. The normalized spacial score (nSPS) is 19.9. The highest BCUT2D eigenvalue weighted by Crippen LogP contribution is 2.34. The van der Waals surface area contributed by atoms with Gasteiger partial charge in [-0.2, -0.15) is 5.11 Å². The number of hydrogen-bond acceptors (Lipinski definition) is 7. The predicted octanol–water partition coefficient (Wildman–Crippen LogP) is 4.41. The summed E-state index contributed by atoms with van der Waals surface area (Å²) in [6.45, 7) is 5.85. The van der Waals surface area contributed by atoms with E-state index in [1.807, 2.05) is 44.2 Å². The zero-order valence-electron chi connectivity index (χ0n) is 17.7. The molecule has 0 aliphatic carbocycles. The van der Waals surface area contributed by atoms with E-state index >= 15 is 0 Å². The average molecular weight is 450 g/mol. The standard InChI is InChI=1S/C23H20ClN5O3/c1-12-7-13(2)9-17(8-12)29-22(30)19-20(23(29)31)28(27-26-19)11-18-14(3)32-21(25-18)15-5-4-6-16(24)10-15/h4-10,19-20H,11H2,1-3H3/t19-,20-/m1/s1. The predicted molar refractivity (Wildman–Crippen MR) is 118 cm³/mol. The third-order valence-corrected chi connectivity index (χ3v) is 5.83. The van der Waals surface area contributed by atoms with Crippen molar-refractivity contribution in [3.8, 4) is 11.5 Å². The number of oxazole rings is 1. The van der Waals surface area contributed by atoms with E-state index in [-0.39, 0.29) is 18.4 Å². The number of halogens is 1. The number of aryl methyl sites for hydroxylation is 3. The molecule has 0 spiro atoms. The molecular formula is C23H20ClN5O3.